The highest BCUT2D eigenvalue weighted by molar-refractivity contribution is 6.30. The summed E-state index contributed by atoms with van der Waals surface area (Å²) in [6.07, 6.45) is 1.51. The van der Waals surface area contributed by atoms with E-state index in [1.165, 1.54) is 6.08 Å². The van der Waals surface area contributed by atoms with Gasteiger partial charge in [0.15, 0.2) is 0 Å². The summed E-state index contributed by atoms with van der Waals surface area (Å²) in [5.74, 6) is -0.309. The molecule has 2 aromatic rings. The van der Waals surface area contributed by atoms with Crippen molar-refractivity contribution in [3.8, 4) is 11.1 Å². The van der Waals surface area contributed by atoms with E-state index in [0.29, 0.717) is 6.61 Å². The summed E-state index contributed by atoms with van der Waals surface area (Å²) in [4.78, 5) is 11.4. The zero-order chi connectivity index (χ0) is 15.2. The van der Waals surface area contributed by atoms with Crippen LogP contribution in [0.25, 0.3) is 16.7 Å². The number of benzene rings is 2. The topological polar surface area (TPSA) is 26.3 Å². The van der Waals surface area contributed by atoms with Crippen molar-refractivity contribution in [3.63, 3.8) is 0 Å². The Morgan fingerprint density at radius 3 is 2.10 bits per heavy atom. The maximum absolute atomic E-state index is 11.4. The van der Waals surface area contributed by atoms with Crippen LogP contribution in [0.2, 0.25) is 5.02 Å². The quantitative estimate of drug-likeness (QED) is 0.588. The second-order valence-electron chi connectivity index (χ2n) is 4.66. The number of ether oxygens (including phenoxy) is 1. The van der Waals surface area contributed by atoms with E-state index in [0.717, 1.165) is 27.3 Å². The van der Waals surface area contributed by atoms with Gasteiger partial charge in [-0.25, -0.2) is 4.79 Å². The lowest BCUT2D eigenvalue weighted by Gasteiger charge is -2.05. The van der Waals surface area contributed by atoms with E-state index in [4.69, 9.17) is 16.3 Å². The highest BCUT2D eigenvalue weighted by atomic mass is 35.5. The van der Waals surface area contributed by atoms with Gasteiger partial charge in [0.2, 0.25) is 0 Å². The van der Waals surface area contributed by atoms with Crippen LogP contribution in [0.3, 0.4) is 0 Å². The number of allylic oxidation sites excluding steroid dienone is 1. The molecular formula is C18H17ClO2. The molecule has 0 unspecified atom stereocenters. The molecule has 0 amide bonds. The van der Waals surface area contributed by atoms with E-state index in [2.05, 4.69) is 0 Å². The molecule has 0 aromatic heterocycles. The van der Waals surface area contributed by atoms with Crippen LogP contribution in [0.15, 0.2) is 54.6 Å². The van der Waals surface area contributed by atoms with Crippen molar-refractivity contribution in [2.45, 2.75) is 13.8 Å². The van der Waals surface area contributed by atoms with E-state index in [9.17, 15) is 4.79 Å². The summed E-state index contributed by atoms with van der Waals surface area (Å²) >= 11 is 5.89. The number of carbonyl (C=O) groups excluding carboxylic acids is 1. The molecule has 0 spiro atoms. The molecule has 21 heavy (non-hydrogen) atoms. The van der Waals surface area contributed by atoms with E-state index >= 15 is 0 Å². The minimum absolute atomic E-state index is 0.309. The SMILES string of the molecule is CCOC(=O)/C=C(/C)c1ccc(-c2ccc(Cl)cc2)cc1. The molecule has 2 rings (SSSR count). The van der Waals surface area contributed by atoms with Gasteiger partial charge < -0.3 is 4.74 Å². The number of rotatable bonds is 4. The first kappa shape index (κ1) is 15.3. The molecule has 2 nitrogen and oxygen atoms in total. The monoisotopic (exact) mass is 300 g/mol. The molecule has 0 atom stereocenters. The molecule has 108 valence electrons. The van der Waals surface area contributed by atoms with Gasteiger partial charge in [-0.15, -0.1) is 0 Å². The number of hydrogen-bond acceptors (Lipinski definition) is 2. The fraction of sp³-hybridized carbons (Fsp3) is 0.167. The lowest BCUT2D eigenvalue weighted by molar-refractivity contribution is -0.137. The van der Waals surface area contributed by atoms with Crippen LogP contribution in [0.1, 0.15) is 19.4 Å². The van der Waals surface area contributed by atoms with Gasteiger partial charge in [-0.05, 0) is 48.2 Å². The molecule has 0 N–H and O–H groups in total. The van der Waals surface area contributed by atoms with Gasteiger partial charge in [0.1, 0.15) is 0 Å². The molecule has 0 saturated heterocycles. The van der Waals surface area contributed by atoms with Crippen LogP contribution in [-0.4, -0.2) is 12.6 Å². The Balaban J connectivity index is 2.19. The van der Waals surface area contributed by atoms with E-state index in [1.807, 2.05) is 55.5 Å². The van der Waals surface area contributed by atoms with Crippen molar-refractivity contribution in [3.05, 3.63) is 65.2 Å². The fourth-order valence-electron chi connectivity index (χ4n) is 2.01. The van der Waals surface area contributed by atoms with Crippen molar-refractivity contribution in [2.75, 3.05) is 6.61 Å². The number of esters is 1. The summed E-state index contributed by atoms with van der Waals surface area (Å²) in [5.41, 5.74) is 4.11. The lowest BCUT2D eigenvalue weighted by atomic mass is 10.0. The second-order valence-corrected chi connectivity index (χ2v) is 5.10. The summed E-state index contributed by atoms with van der Waals surface area (Å²) in [6, 6.07) is 15.8. The normalized spacial score (nSPS) is 11.3. The van der Waals surface area contributed by atoms with Crippen LogP contribution in [0.4, 0.5) is 0 Å². The third kappa shape index (κ3) is 4.20. The molecule has 0 aliphatic carbocycles. The van der Waals surface area contributed by atoms with Crippen LogP contribution in [-0.2, 0) is 9.53 Å². The number of hydrogen-bond donors (Lipinski definition) is 0. The van der Waals surface area contributed by atoms with E-state index in [-0.39, 0.29) is 5.97 Å². The Kier molecular flexibility index (Phi) is 5.18. The van der Waals surface area contributed by atoms with Gasteiger partial charge in [0, 0.05) is 11.1 Å². The van der Waals surface area contributed by atoms with Gasteiger partial charge in [-0.3, -0.25) is 0 Å². The number of carbonyl (C=O) groups is 1. The molecule has 0 saturated carbocycles. The smallest absolute Gasteiger partial charge is 0.331 e. The van der Waals surface area contributed by atoms with Gasteiger partial charge in [-0.2, -0.15) is 0 Å². The van der Waals surface area contributed by atoms with Crippen molar-refractivity contribution < 1.29 is 9.53 Å². The first-order chi connectivity index (χ1) is 10.1. The van der Waals surface area contributed by atoms with Crippen molar-refractivity contribution >= 4 is 23.1 Å². The second kappa shape index (κ2) is 7.09. The molecule has 0 aliphatic heterocycles. The minimum Gasteiger partial charge on any atom is -0.463 e. The Hall–Kier alpha value is -2.06. The molecule has 0 aliphatic rings. The standard InChI is InChI=1S/C18H17ClO2/c1-3-21-18(20)12-13(2)14-4-6-15(7-5-14)16-8-10-17(19)11-9-16/h4-12H,3H2,1-2H3/b13-12-. The highest BCUT2D eigenvalue weighted by Gasteiger charge is 2.02. The fourth-order valence-corrected chi connectivity index (χ4v) is 2.14. The third-order valence-corrected chi connectivity index (χ3v) is 3.39. The maximum atomic E-state index is 11.4. The third-order valence-electron chi connectivity index (χ3n) is 3.14. The van der Waals surface area contributed by atoms with Gasteiger partial charge >= 0.3 is 5.97 Å². The Morgan fingerprint density at radius 1 is 1.05 bits per heavy atom. The minimum atomic E-state index is -0.309. The molecule has 0 bridgehead atoms. The first-order valence-corrected chi connectivity index (χ1v) is 7.19. The summed E-state index contributed by atoms with van der Waals surface area (Å²) < 4.78 is 4.91. The molecule has 3 heteroatoms. The predicted octanol–water partition coefficient (Wildman–Crippen LogP) is 4.97. The van der Waals surface area contributed by atoms with Crippen molar-refractivity contribution in [2.24, 2.45) is 0 Å². The van der Waals surface area contributed by atoms with Gasteiger partial charge in [0.25, 0.3) is 0 Å². The van der Waals surface area contributed by atoms with Crippen LogP contribution >= 0.6 is 11.6 Å². The molecule has 0 radical (unpaired) electrons. The summed E-state index contributed by atoms with van der Waals surface area (Å²) in [5, 5.41) is 0.726. The van der Waals surface area contributed by atoms with Crippen molar-refractivity contribution in [1.82, 2.24) is 0 Å². The van der Waals surface area contributed by atoms with Crippen molar-refractivity contribution in [1.29, 1.82) is 0 Å². The Morgan fingerprint density at radius 2 is 1.57 bits per heavy atom. The summed E-state index contributed by atoms with van der Waals surface area (Å²) in [7, 11) is 0. The summed E-state index contributed by atoms with van der Waals surface area (Å²) in [6.45, 7) is 4.08. The first-order valence-electron chi connectivity index (χ1n) is 6.81. The lowest BCUT2D eigenvalue weighted by Crippen LogP contribution is -2.00. The van der Waals surface area contributed by atoms with E-state index < -0.39 is 0 Å². The van der Waals surface area contributed by atoms with Crippen LogP contribution in [0.5, 0.6) is 0 Å². The Labute approximate surface area is 130 Å². The molecule has 0 heterocycles. The highest BCUT2D eigenvalue weighted by Crippen LogP contribution is 2.23. The zero-order valence-electron chi connectivity index (χ0n) is 12.1. The number of halogens is 1. The zero-order valence-corrected chi connectivity index (χ0v) is 12.9. The van der Waals surface area contributed by atoms with Gasteiger partial charge in [0.05, 0.1) is 6.61 Å². The van der Waals surface area contributed by atoms with Gasteiger partial charge in [-0.1, -0.05) is 48.0 Å². The molecule has 2 aromatic carbocycles. The maximum Gasteiger partial charge on any atom is 0.331 e. The predicted molar refractivity (Wildman–Crippen MR) is 87.2 cm³/mol. The molecular weight excluding hydrogens is 284 g/mol. The van der Waals surface area contributed by atoms with Crippen LogP contribution in [0, 0.1) is 0 Å². The largest absolute Gasteiger partial charge is 0.463 e. The van der Waals surface area contributed by atoms with Crippen LogP contribution < -0.4 is 0 Å². The molecule has 0 fully saturated rings. The van der Waals surface area contributed by atoms with E-state index in [1.54, 1.807) is 6.92 Å². The average molecular weight is 301 g/mol. The Bertz CT molecular complexity index is 640. The average Bonchev–Trinajstić information content (AvgIpc) is 2.48.